The first-order valence-electron chi connectivity index (χ1n) is 8.71. The standard InChI is InChI=1S/C20H21N3O4/c21-19(26)17-5-2-10-23(17)12-13-3-1-4-15(11-13)22-20(27)18(25)14-6-8-16(24)9-7-14/h1,3-4,6-9,11,17,24H,2,5,10,12H2,(H2,21,26)(H,22,27). The van der Waals surface area contributed by atoms with E-state index in [1.54, 1.807) is 18.2 Å². The Labute approximate surface area is 156 Å². The van der Waals surface area contributed by atoms with Crippen LogP contribution in [0.5, 0.6) is 5.75 Å². The van der Waals surface area contributed by atoms with Crippen LogP contribution in [-0.2, 0) is 16.1 Å². The Bertz CT molecular complexity index is 864. The van der Waals surface area contributed by atoms with Crippen molar-refractivity contribution in [3.63, 3.8) is 0 Å². The second-order valence-electron chi connectivity index (χ2n) is 6.56. The molecule has 0 radical (unpaired) electrons. The molecule has 2 aromatic rings. The fourth-order valence-corrected chi connectivity index (χ4v) is 3.25. The molecule has 7 nitrogen and oxygen atoms in total. The van der Waals surface area contributed by atoms with Crippen molar-refractivity contribution < 1.29 is 19.5 Å². The number of amides is 2. The van der Waals surface area contributed by atoms with Crippen molar-refractivity contribution in [2.75, 3.05) is 11.9 Å². The molecule has 0 aliphatic carbocycles. The Kier molecular flexibility index (Phi) is 5.52. The number of carbonyl (C=O) groups excluding carboxylic acids is 3. The summed E-state index contributed by atoms with van der Waals surface area (Å²) in [7, 11) is 0. The lowest BCUT2D eigenvalue weighted by Crippen LogP contribution is -2.39. The highest BCUT2D eigenvalue weighted by Crippen LogP contribution is 2.21. The van der Waals surface area contributed by atoms with Crippen LogP contribution in [0.1, 0.15) is 28.8 Å². The van der Waals surface area contributed by atoms with Crippen LogP contribution in [0.4, 0.5) is 5.69 Å². The molecule has 1 saturated heterocycles. The summed E-state index contributed by atoms with van der Waals surface area (Å²) in [5.41, 5.74) is 7.06. The minimum absolute atomic E-state index is 0.0239. The first-order chi connectivity index (χ1) is 12.9. The first-order valence-corrected chi connectivity index (χ1v) is 8.71. The maximum absolute atomic E-state index is 12.2. The van der Waals surface area contributed by atoms with E-state index in [1.165, 1.54) is 24.3 Å². The zero-order valence-corrected chi connectivity index (χ0v) is 14.7. The number of anilines is 1. The van der Waals surface area contributed by atoms with Crippen molar-refractivity contribution in [1.82, 2.24) is 4.90 Å². The molecule has 4 N–H and O–H groups in total. The number of nitrogens with two attached hydrogens (primary N) is 1. The summed E-state index contributed by atoms with van der Waals surface area (Å²) in [5, 5.41) is 11.9. The van der Waals surface area contributed by atoms with Gasteiger partial charge in [0.2, 0.25) is 5.91 Å². The molecule has 0 saturated carbocycles. The molecule has 0 bridgehead atoms. The molecule has 1 fully saturated rings. The second kappa shape index (κ2) is 8.01. The average Bonchev–Trinajstić information content (AvgIpc) is 3.10. The van der Waals surface area contributed by atoms with E-state index >= 15 is 0 Å². The molecule has 27 heavy (non-hydrogen) atoms. The molecule has 2 amide bonds. The molecule has 1 aliphatic heterocycles. The number of hydrogen-bond acceptors (Lipinski definition) is 5. The van der Waals surface area contributed by atoms with Gasteiger partial charge in [0, 0.05) is 17.8 Å². The maximum Gasteiger partial charge on any atom is 0.296 e. The van der Waals surface area contributed by atoms with Crippen molar-refractivity contribution in [2.24, 2.45) is 5.73 Å². The van der Waals surface area contributed by atoms with E-state index in [9.17, 15) is 19.5 Å². The van der Waals surface area contributed by atoms with Gasteiger partial charge in [0.05, 0.1) is 6.04 Å². The van der Waals surface area contributed by atoms with Gasteiger partial charge in [-0.2, -0.15) is 0 Å². The van der Waals surface area contributed by atoms with Crippen molar-refractivity contribution in [1.29, 1.82) is 0 Å². The molecule has 1 heterocycles. The van der Waals surface area contributed by atoms with E-state index in [4.69, 9.17) is 5.73 Å². The van der Waals surface area contributed by atoms with Gasteiger partial charge in [-0.05, 0) is 61.3 Å². The second-order valence-corrected chi connectivity index (χ2v) is 6.56. The summed E-state index contributed by atoms with van der Waals surface area (Å²) in [4.78, 5) is 37.9. The molecule has 0 aromatic heterocycles. The number of rotatable bonds is 6. The highest BCUT2D eigenvalue weighted by Gasteiger charge is 2.28. The monoisotopic (exact) mass is 367 g/mol. The van der Waals surface area contributed by atoms with Gasteiger partial charge in [-0.15, -0.1) is 0 Å². The lowest BCUT2D eigenvalue weighted by molar-refractivity contribution is -0.122. The van der Waals surface area contributed by atoms with Crippen molar-refractivity contribution in [3.8, 4) is 5.75 Å². The van der Waals surface area contributed by atoms with Crippen LogP contribution in [0.3, 0.4) is 0 Å². The number of phenolic OH excluding ortho intramolecular Hbond substituents is 1. The van der Waals surface area contributed by atoms with Gasteiger partial charge < -0.3 is 16.2 Å². The first kappa shape index (κ1) is 18.6. The number of hydrogen-bond donors (Lipinski definition) is 3. The summed E-state index contributed by atoms with van der Waals surface area (Å²) in [6.45, 7) is 1.34. The van der Waals surface area contributed by atoms with Gasteiger partial charge in [-0.3, -0.25) is 19.3 Å². The van der Waals surface area contributed by atoms with Crippen LogP contribution in [-0.4, -0.2) is 40.2 Å². The van der Waals surface area contributed by atoms with E-state index in [2.05, 4.69) is 5.32 Å². The zero-order chi connectivity index (χ0) is 19.4. The van der Waals surface area contributed by atoms with Crippen LogP contribution >= 0.6 is 0 Å². The van der Waals surface area contributed by atoms with Crippen LogP contribution < -0.4 is 11.1 Å². The van der Waals surface area contributed by atoms with Gasteiger partial charge >= 0.3 is 0 Å². The fourth-order valence-electron chi connectivity index (χ4n) is 3.25. The lowest BCUT2D eigenvalue weighted by Gasteiger charge is -2.22. The molecule has 0 spiro atoms. The third kappa shape index (κ3) is 4.51. The summed E-state index contributed by atoms with van der Waals surface area (Å²) in [5.74, 6) is -1.74. The minimum atomic E-state index is -0.756. The number of nitrogens with zero attached hydrogens (tertiary/aromatic N) is 1. The van der Waals surface area contributed by atoms with E-state index < -0.39 is 11.7 Å². The molecular weight excluding hydrogens is 346 g/mol. The normalized spacial score (nSPS) is 16.8. The summed E-state index contributed by atoms with van der Waals surface area (Å²) < 4.78 is 0. The lowest BCUT2D eigenvalue weighted by atomic mass is 10.1. The minimum Gasteiger partial charge on any atom is -0.508 e. The molecule has 1 aliphatic rings. The molecular formula is C20H21N3O4. The van der Waals surface area contributed by atoms with Gasteiger partial charge in [0.15, 0.2) is 0 Å². The van der Waals surface area contributed by atoms with E-state index in [1.807, 2.05) is 11.0 Å². The van der Waals surface area contributed by atoms with Gasteiger partial charge in [-0.1, -0.05) is 12.1 Å². The molecule has 7 heteroatoms. The fraction of sp³-hybridized carbons (Fsp3) is 0.250. The van der Waals surface area contributed by atoms with Crippen LogP contribution in [0.25, 0.3) is 0 Å². The van der Waals surface area contributed by atoms with E-state index in [0.717, 1.165) is 24.9 Å². The van der Waals surface area contributed by atoms with Crippen LogP contribution in [0.15, 0.2) is 48.5 Å². The number of benzene rings is 2. The predicted molar refractivity (Wildman–Crippen MR) is 100 cm³/mol. The zero-order valence-electron chi connectivity index (χ0n) is 14.7. The molecule has 2 aromatic carbocycles. The largest absolute Gasteiger partial charge is 0.508 e. The maximum atomic E-state index is 12.2. The average molecular weight is 367 g/mol. The van der Waals surface area contributed by atoms with Crippen LogP contribution in [0, 0.1) is 0 Å². The molecule has 1 atom stereocenters. The SMILES string of the molecule is NC(=O)C1CCCN1Cc1cccc(NC(=O)C(=O)c2ccc(O)cc2)c1. The topological polar surface area (TPSA) is 113 Å². The Morgan fingerprint density at radius 2 is 1.89 bits per heavy atom. The Balaban J connectivity index is 1.66. The highest BCUT2D eigenvalue weighted by molar-refractivity contribution is 6.46. The quantitative estimate of drug-likeness (QED) is 0.531. The van der Waals surface area contributed by atoms with Crippen molar-refractivity contribution in [3.05, 3.63) is 59.7 Å². The molecule has 3 rings (SSSR count). The number of aromatic hydroxyl groups is 1. The number of Topliss-reactive ketones (excluding diaryl/α,β-unsaturated/α-hetero) is 1. The van der Waals surface area contributed by atoms with Gasteiger partial charge in [-0.25, -0.2) is 0 Å². The number of likely N-dealkylation sites (tertiary alicyclic amines) is 1. The van der Waals surface area contributed by atoms with Crippen molar-refractivity contribution in [2.45, 2.75) is 25.4 Å². The Hall–Kier alpha value is -3.19. The third-order valence-corrected chi connectivity index (χ3v) is 4.60. The Morgan fingerprint density at radius 1 is 1.15 bits per heavy atom. The summed E-state index contributed by atoms with van der Waals surface area (Å²) >= 11 is 0. The van der Waals surface area contributed by atoms with Crippen LogP contribution in [0.2, 0.25) is 0 Å². The predicted octanol–water partition coefficient (Wildman–Crippen LogP) is 1.66. The van der Waals surface area contributed by atoms with Gasteiger partial charge in [0.25, 0.3) is 11.7 Å². The molecule has 140 valence electrons. The van der Waals surface area contributed by atoms with E-state index in [0.29, 0.717) is 12.2 Å². The Morgan fingerprint density at radius 3 is 2.59 bits per heavy atom. The number of ketones is 1. The van der Waals surface area contributed by atoms with E-state index in [-0.39, 0.29) is 23.3 Å². The van der Waals surface area contributed by atoms with Crippen molar-refractivity contribution >= 4 is 23.3 Å². The summed E-state index contributed by atoms with van der Waals surface area (Å²) in [6, 6.07) is 12.4. The number of carbonyl (C=O) groups is 3. The molecule has 1 unspecified atom stereocenters. The highest BCUT2D eigenvalue weighted by atomic mass is 16.3. The number of primary amides is 1. The smallest absolute Gasteiger partial charge is 0.296 e. The van der Waals surface area contributed by atoms with Gasteiger partial charge in [0.1, 0.15) is 5.75 Å². The number of phenols is 1. The summed E-state index contributed by atoms with van der Waals surface area (Å²) in [6.07, 6.45) is 1.68. The third-order valence-electron chi connectivity index (χ3n) is 4.60. The number of nitrogens with one attached hydrogen (secondary N) is 1.